The van der Waals surface area contributed by atoms with Crippen molar-refractivity contribution in [1.29, 1.82) is 0 Å². The minimum absolute atomic E-state index is 0.212. The van der Waals surface area contributed by atoms with Crippen molar-refractivity contribution in [3.05, 3.63) is 24.5 Å². The summed E-state index contributed by atoms with van der Waals surface area (Å²) >= 11 is 3.29. The maximum absolute atomic E-state index is 11.6. The van der Waals surface area contributed by atoms with E-state index in [-0.39, 0.29) is 4.90 Å². The molecule has 0 unspecified atom stereocenters. The van der Waals surface area contributed by atoms with Gasteiger partial charge in [-0.3, -0.25) is 4.98 Å². The van der Waals surface area contributed by atoms with Crippen molar-refractivity contribution < 1.29 is 8.42 Å². The monoisotopic (exact) mass is 292 g/mol. The van der Waals surface area contributed by atoms with Crippen LogP contribution in [0.3, 0.4) is 0 Å². The molecule has 0 radical (unpaired) electrons. The topological polar surface area (TPSA) is 59.1 Å². The normalized spacial score (nSPS) is 11.5. The van der Waals surface area contributed by atoms with Gasteiger partial charge >= 0.3 is 0 Å². The predicted molar refractivity (Wildman–Crippen MR) is 62.5 cm³/mol. The molecule has 0 amide bonds. The van der Waals surface area contributed by atoms with Crippen molar-refractivity contribution in [3.63, 3.8) is 0 Å². The lowest BCUT2D eigenvalue weighted by molar-refractivity contribution is 0.578. The summed E-state index contributed by atoms with van der Waals surface area (Å²) in [5.41, 5.74) is 0. The summed E-state index contributed by atoms with van der Waals surface area (Å²) in [6.45, 7) is 0.461. The van der Waals surface area contributed by atoms with Crippen LogP contribution in [0.1, 0.15) is 12.8 Å². The molecule has 0 aromatic carbocycles. The van der Waals surface area contributed by atoms with Gasteiger partial charge in [0, 0.05) is 24.3 Å². The molecule has 0 saturated carbocycles. The first-order valence-electron chi connectivity index (χ1n) is 4.62. The van der Waals surface area contributed by atoms with Crippen molar-refractivity contribution in [2.75, 3.05) is 11.9 Å². The lowest BCUT2D eigenvalue weighted by Crippen LogP contribution is -2.24. The van der Waals surface area contributed by atoms with Crippen LogP contribution >= 0.6 is 15.9 Å². The van der Waals surface area contributed by atoms with E-state index in [1.807, 2.05) is 0 Å². The number of hydrogen-bond donors (Lipinski definition) is 1. The zero-order chi connectivity index (χ0) is 11.1. The summed E-state index contributed by atoms with van der Waals surface area (Å²) in [5.74, 6) is 0. The van der Waals surface area contributed by atoms with Gasteiger partial charge < -0.3 is 0 Å². The fraction of sp³-hybridized carbons (Fsp3) is 0.444. The summed E-state index contributed by atoms with van der Waals surface area (Å²) in [6, 6.07) is 3.13. The molecule has 1 N–H and O–H groups in total. The van der Waals surface area contributed by atoms with E-state index in [9.17, 15) is 8.42 Å². The number of halogens is 1. The van der Waals surface area contributed by atoms with Crippen molar-refractivity contribution in [3.8, 4) is 0 Å². The Morgan fingerprint density at radius 3 is 2.80 bits per heavy atom. The third kappa shape index (κ3) is 4.27. The summed E-state index contributed by atoms with van der Waals surface area (Å²) < 4.78 is 25.8. The van der Waals surface area contributed by atoms with Crippen LogP contribution in [0.25, 0.3) is 0 Å². The molecule has 4 nitrogen and oxygen atoms in total. The highest BCUT2D eigenvalue weighted by atomic mass is 79.9. The van der Waals surface area contributed by atoms with Crippen molar-refractivity contribution in [2.24, 2.45) is 0 Å². The van der Waals surface area contributed by atoms with E-state index in [1.54, 1.807) is 12.3 Å². The number of sulfonamides is 1. The Labute approximate surface area is 98.3 Å². The molecular weight excluding hydrogens is 280 g/mol. The lowest BCUT2D eigenvalue weighted by Gasteiger charge is -2.05. The predicted octanol–water partition coefficient (Wildman–Crippen LogP) is 1.53. The Morgan fingerprint density at radius 2 is 2.20 bits per heavy atom. The molecule has 1 heterocycles. The number of rotatable bonds is 6. The zero-order valence-corrected chi connectivity index (χ0v) is 10.6. The number of alkyl halides is 1. The largest absolute Gasteiger partial charge is 0.263 e. The molecule has 6 heteroatoms. The number of nitrogens with one attached hydrogen (secondary N) is 1. The smallest absolute Gasteiger partial charge is 0.242 e. The summed E-state index contributed by atoms with van der Waals surface area (Å²) in [6.07, 6.45) is 4.66. The van der Waals surface area contributed by atoms with E-state index in [4.69, 9.17) is 0 Å². The molecule has 0 aliphatic heterocycles. The molecule has 0 spiro atoms. The van der Waals surface area contributed by atoms with Crippen LogP contribution in [0.4, 0.5) is 0 Å². The van der Waals surface area contributed by atoms with E-state index >= 15 is 0 Å². The Kier molecular flexibility index (Phi) is 5.21. The minimum atomic E-state index is -3.37. The number of pyridine rings is 1. The molecule has 1 aromatic rings. The summed E-state index contributed by atoms with van der Waals surface area (Å²) in [5, 5.41) is 0.890. The van der Waals surface area contributed by atoms with E-state index in [1.165, 1.54) is 12.3 Å². The van der Waals surface area contributed by atoms with Gasteiger partial charge in [0.2, 0.25) is 10.0 Å². The van der Waals surface area contributed by atoms with Gasteiger partial charge in [-0.1, -0.05) is 15.9 Å². The molecule has 1 rings (SSSR count). The van der Waals surface area contributed by atoms with Gasteiger partial charge in [0.15, 0.2) is 0 Å². The first kappa shape index (κ1) is 12.6. The number of unbranched alkanes of at least 4 members (excludes halogenated alkanes) is 1. The first-order chi connectivity index (χ1) is 7.17. The van der Waals surface area contributed by atoms with Gasteiger partial charge in [-0.2, -0.15) is 0 Å². The van der Waals surface area contributed by atoms with Gasteiger partial charge in [-0.25, -0.2) is 13.1 Å². The molecule has 0 bridgehead atoms. The zero-order valence-electron chi connectivity index (χ0n) is 8.19. The molecule has 0 fully saturated rings. The Hall–Kier alpha value is -0.460. The molecule has 0 atom stereocenters. The van der Waals surface area contributed by atoms with Crippen molar-refractivity contribution in [1.82, 2.24) is 9.71 Å². The average Bonchev–Trinajstić information content (AvgIpc) is 2.26. The quantitative estimate of drug-likeness (QED) is 0.639. The van der Waals surface area contributed by atoms with Crippen molar-refractivity contribution >= 4 is 26.0 Å². The molecule has 0 aliphatic carbocycles. The highest BCUT2D eigenvalue weighted by Crippen LogP contribution is 2.05. The van der Waals surface area contributed by atoms with E-state index in [0.29, 0.717) is 6.54 Å². The van der Waals surface area contributed by atoms with E-state index in [2.05, 4.69) is 25.6 Å². The minimum Gasteiger partial charge on any atom is -0.263 e. The van der Waals surface area contributed by atoms with Crippen LogP contribution < -0.4 is 4.72 Å². The molecule has 0 saturated heterocycles. The second-order valence-electron chi connectivity index (χ2n) is 2.98. The summed E-state index contributed by atoms with van der Waals surface area (Å²) in [4.78, 5) is 3.98. The maximum atomic E-state index is 11.6. The van der Waals surface area contributed by atoms with Crippen LogP contribution in [0.15, 0.2) is 29.4 Å². The maximum Gasteiger partial charge on any atom is 0.242 e. The van der Waals surface area contributed by atoms with Gasteiger partial charge in [0.1, 0.15) is 4.90 Å². The lowest BCUT2D eigenvalue weighted by atomic mass is 10.3. The average molecular weight is 293 g/mol. The van der Waals surface area contributed by atoms with Gasteiger partial charge in [0.05, 0.1) is 0 Å². The first-order valence-corrected chi connectivity index (χ1v) is 7.23. The number of nitrogens with zero attached hydrogens (tertiary/aromatic N) is 1. The highest BCUT2D eigenvalue weighted by molar-refractivity contribution is 9.09. The van der Waals surface area contributed by atoms with Crippen LogP contribution in [-0.4, -0.2) is 25.3 Å². The Balaban J connectivity index is 2.53. The fourth-order valence-electron chi connectivity index (χ4n) is 1.02. The Morgan fingerprint density at radius 1 is 1.40 bits per heavy atom. The molecule has 84 valence electrons. The Bertz CT molecular complexity index is 380. The highest BCUT2D eigenvalue weighted by Gasteiger charge is 2.12. The third-order valence-electron chi connectivity index (χ3n) is 1.80. The standard InChI is InChI=1S/C9H13BrN2O2S/c10-5-1-2-7-12-15(13,14)9-4-3-6-11-8-9/h3-4,6,8,12H,1-2,5,7H2. The number of aromatic nitrogens is 1. The van der Waals surface area contributed by atoms with Crippen molar-refractivity contribution in [2.45, 2.75) is 17.7 Å². The van der Waals surface area contributed by atoms with E-state index < -0.39 is 10.0 Å². The summed E-state index contributed by atoms with van der Waals surface area (Å²) in [7, 11) is -3.37. The molecule has 1 aromatic heterocycles. The third-order valence-corrected chi connectivity index (χ3v) is 3.80. The van der Waals surface area contributed by atoms with Crippen LogP contribution in [0.2, 0.25) is 0 Å². The van der Waals surface area contributed by atoms with Crippen LogP contribution in [0, 0.1) is 0 Å². The number of hydrogen-bond acceptors (Lipinski definition) is 3. The second-order valence-corrected chi connectivity index (χ2v) is 5.54. The van der Waals surface area contributed by atoms with Gasteiger partial charge in [-0.15, -0.1) is 0 Å². The van der Waals surface area contributed by atoms with Crippen LogP contribution in [0.5, 0.6) is 0 Å². The SMILES string of the molecule is O=S(=O)(NCCCCBr)c1cccnc1. The van der Waals surface area contributed by atoms with Gasteiger partial charge in [-0.05, 0) is 25.0 Å². The fourth-order valence-corrected chi connectivity index (χ4v) is 2.45. The molecule has 0 aliphatic rings. The molecule has 15 heavy (non-hydrogen) atoms. The van der Waals surface area contributed by atoms with Gasteiger partial charge in [0.25, 0.3) is 0 Å². The molecular formula is C9H13BrN2O2S. The second kappa shape index (κ2) is 6.19. The van der Waals surface area contributed by atoms with E-state index in [0.717, 1.165) is 18.2 Å². The van der Waals surface area contributed by atoms with Crippen LogP contribution in [-0.2, 0) is 10.0 Å².